The lowest BCUT2D eigenvalue weighted by atomic mass is 9.65. The molecule has 1 aromatic carbocycles. The number of ether oxygens (including phenoxy) is 1. The number of hydrogen-bond acceptors (Lipinski definition) is 2. The molecule has 3 atom stereocenters. The zero-order chi connectivity index (χ0) is 15.5. The summed E-state index contributed by atoms with van der Waals surface area (Å²) < 4.78 is 12.7. The van der Waals surface area contributed by atoms with E-state index in [1.165, 1.54) is 56.2 Å². The summed E-state index contributed by atoms with van der Waals surface area (Å²) in [4.78, 5) is 2.60. The van der Waals surface area contributed by atoms with Gasteiger partial charge in [0, 0.05) is 6.04 Å². The van der Waals surface area contributed by atoms with Crippen LogP contribution in [0.4, 0.5) is 0 Å². The van der Waals surface area contributed by atoms with E-state index in [2.05, 4.69) is 31.0 Å². The van der Waals surface area contributed by atoms with Crippen molar-refractivity contribution < 1.29 is 6.11 Å². The maximum Gasteiger partial charge on any atom is 0.119 e. The highest BCUT2D eigenvalue weighted by Gasteiger charge is 2.39. The zero-order valence-corrected chi connectivity index (χ0v) is 13.5. The van der Waals surface area contributed by atoms with Crippen LogP contribution in [0.5, 0.6) is 5.75 Å². The summed E-state index contributed by atoms with van der Waals surface area (Å²) in [5.74, 6) is 2.36. The van der Waals surface area contributed by atoms with Crippen molar-refractivity contribution >= 4 is 0 Å². The van der Waals surface area contributed by atoms with Gasteiger partial charge in [0.2, 0.25) is 0 Å². The lowest BCUT2D eigenvalue weighted by Gasteiger charge is -2.46. The van der Waals surface area contributed by atoms with E-state index in [0.29, 0.717) is 12.0 Å². The molecule has 0 N–H and O–H groups in total. The average Bonchev–Trinajstić information content (AvgIpc) is 2.55. The number of benzene rings is 1. The van der Waals surface area contributed by atoms with Crippen molar-refractivity contribution in [3.8, 4) is 5.75 Å². The Hall–Kier alpha value is -1.02. The molecule has 21 heavy (non-hydrogen) atoms. The van der Waals surface area contributed by atoms with Crippen LogP contribution in [-0.4, -0.2) is 31.6 Å². The summed E-state index contributed by atoms with van der Waals surface area (Å²) in [6.45, 7) is 3.47. The minimum atomic E-state index is 0.00868. The van der Waals surface area contributed by atoms with Gasteiger partial charge in [0.05, 0.1) is 8.46 Å². The number of rotatable bonds is 4. The molecule has 3 rings (SSSR count). The predicted octanol–water partition coefficient (Wildman–Crippen LogP) is 4.24. The Labute approximate surface area is 130 Å². The van der Waals surface area contributed by atoms with E-state index in [9.17, 15) is 0 Å². The Morgan fingerprint density at radius 1 is 1.33 bits per heavy atom. The number of fused-ring (bicyclic) bond motifs is 3. The summed E-state index contributed by atoms with van der Waals surface area (Å²) in [6.07, 6.45) is 7.83. The van der Waals surface area contributed by atoms with E-state index in [1.54, 1.807) is 0 Å². The number of nitrogens with zero attached hydrogens (tertiary/aromatic N) is 1. The topological polar surface area (TPSA) is 12.5 Å². The average molecular weight is 288 g/mol. The smallest absolute Gasteiger partial charge is 0.119 e. The van der Waals surface area contributed by atoms with Crippen molar-refractivity contribution in [2.45, 2.75) is 57.4 Å². The minimum absolute atomic E-state index is 0.00868. The van der Waals surface area contributed by atoms with Crippen molar-refractivity contribution in [3.05, 3.63) is 29.3 Å². The van der Waals surface area contributed by atoms with Crippen LogP contribution in [0.15, 0.2) is 18.2 Å². The van der Waals surface area contributed by atoms with Crippen LogP contribution in [0.25, 0.3) is 0 Å². The SMILES string of the molecule is [2H]COc1ccc2c(c1)C1CCCCC1[C@@H](N(C)CCC)C2. The third-order valence-electron chi connectivity index (χ3n) is 5.57. The molecular weight excluding hydrogens is 258 g/mol. The van der Waals surface area contributed by atoms with Crippen molar-refractivity contribution in [2.24, 2.45) is 5.92 Å². The fourth-order valence-corrected chi connectivity index (χ4v) is 4.58. The maximum absolute atomic E-state index is 7.27. The van der Waals surface area contributed by atoms with Gasteiger partial charge >= 0.3 is 0 Å². The molecule has 0 bridgehead atoms. The Balaban J connectivity index is 1.91. The summed E-state index contributed by atoms with van der Waals surface area (Å²) in [7, 11) is 2.32. The zero-order valence-electron chi connectivity index (χ0n) is 14.5. The predicted molar refractivity (Wildman–Crippen MR) is 88.1 cm³/mol. The number of hydrogen-bond donors (Lipinski definition) is 0. The van der Waals surface area contributed by atoms with Crippen molar-refractivity contribution in [1.29, 1.82) is 0 Å². The Kier molecular flexibility index (Phi) is 4.15. The number of methoxy groups -OCH3 is 1. The van der Waals surface area contributed by atoms with E-state index in [1.807, 2.05) is 6.07 Å². The third-order valence-corrected chi connectivity index (χ3v) is 5.57. The second-order valence-electron chi connectivity index (χ2n) is 6.81. The summed E-state index contributed by atoms with van der Waals surface area (Å²) in [5, 5.41) is 0. The first-order valence-corrected chi connectivity index (χ1v) is 8.49. The van der Waals surface area contributed by atoms with Crippen LogP contribution in [0, 0.1) is 5.92 Å². The molecule has 0 aliphatic heterocycles. The van der Waals surface area contributed by atoms with Gasteiger partial charge in [-0.15, -0.1) is 0 Å². The van der Waals surface area contributed by atoms with Crippen LogP contribution in [0.1, 0.15) is 57.4 Å². The van der Waals surface area contributed by atoms with E-state index in [-0.39, 0.29) is 7.09 Å². The molecule has 1 aromatic rings. The Morgan fingerprint density at radius 2 is 2.19 bits per heavy atom. The molecule has 0 heterocycles. The van der Waals surface area contributed by atoms with Gasteiger partial charge in [-0.3, -0.25) is 0 Å². The van der Waals surface area contributed by atoms with Gasteiger partial charge in [-0.05, 0) is 74.4 Å². The van der Waals surface area contributed by atoms with Crippen molar-refractivity contribution in [3.63, 3.8) is 0 Å². The fraction of sp³-hybridized carbons (Fsp3) is 0.684. The van der Waals surface area contributed by atoms with Gasteiger partial charge in [0.25, 0.3) is 0 Å². The van der Waals surface area contributed by atoms with Gasteiger partial charge in [-0.25, -0.2) is 0 Å². The minimum Gasteiger partial charge on any atom is -0.497 e. The van der Waals surface area contributed by atoms with E-state index in [0.717, 1.165) is 11.7 Å². The standard InChI is InChI=1S/C19H29NO/c1-4-11-20(2)19-12-14-9-10-15(21-3)13-18(14)16-7-5-6-8-17(16)19/h9-10,13,16-17,19H,4-8,11-12H2,1-3H3/t16?,17?,19-/m0/s1/i3D. The van der Waals surface area contributed by atoms with Gasteiger partial charge in [-0.2, -0.15) is 0 Å². The Bertz CT molecular complexity index is 504. The quantitative estimate of drug-likeness (QED) is 0.822. The van der Waals surface area contributed by atoms with Gasteiger partial charge in [0.1, 0.15) is 5.75 Å². The highest BCUT2D eigenvalue weighted by molar-refractivity contribution is 5.41. The first-order chi connectivity index (χ1) is 10.7. The largest absolute Gasteiger partial charge is 0.497 e. The maximum atomic E-state index is 7.27. The van der Waals surface area contributed by atoms with Crippen molar-refractivity contribution in [2.75, 3.05) is 20.7 Å². The van der Waals surface area contributed by atoms with E-state index in [4.69, 9.17) is 6.11 Å². The molecule has 2 aliphatic rings. The van der Waals surface area contributed by atoms with Crippen molar-refractivity contribution in [1.82, 2.24) is 4.90 Å². The summed E-state index contributed by atoms with van der Waals surface area (Å²) >= 11 is 0. The molecule has 2 nitrogen and oxygen atoms in total. The molecule has 2 heteroatoms. The summed E-state index contributed by atoms with van der Waals surface area (Å²) in [6, 6.07) is 7.22. The molecule has 0 aromatic heterocycles. The van der Waals surface area contributed by atoms with E-state index < -0.39 is 0 Å². The van der Waals surface area contributed by atoms with E-state index >= 15 is 0 Å². The molecule has 1 fully saturated rings. The molecule has 1 saturated carbocycles. The molecule has 0 amide bonds. The fourth-order valence-electron chi connectivity index (χ4n) is 4.58. The first-order valence-electron chi connectivity index (χ1n) is 9.20. The van der Waals surface area contributed by atoms with Gasteiger partial charge in [0.15, 0.2) is 0 Å². The first kappa shape index (κ1) is 13.6. The van der Waals surface area contributed by atoms with Gasteiger partial charge in [-0.1, -0.05) is 25.8 Å². The monoisotopic (exact) mass is 288 g/mol. The van der Waals surface area contributed by atoms with Crippen LogP contribution in [0.3, 0.4) is 0 Å². The second-order valence-corrected chi connectivity index (χ2v) is 6.81. The van der Waals surface area contributed by atoms with Gasteiger partial charge < -0.3 is 9.64 Å². The normalized spacial score (nSPS) is 28.7. The summed E-state index contributed by atoms with van der Waals surface area (Å²) in [5.41, 5.74) is 3.02. The highest BCUT2D eigenvalue weighted by atomic mass is 16.5. The molecule has 0 spiro atoms. The molecule has 116 valence electrons. The van der Waals surface area contributed by atoms with Crippen LogP contribution < -0.4 is 4.74 Å². The van der Waals surface area contributed by atoms with Crippen LogP contribution in [0.2, 0.25) is 0 Å². The lowest BCUT2D eigenvalue weighted by Crippen LogP contribution is -2.46. The van der Waals surface area contributed by atoms with Crippen LogP contribution >= 0.6 is 0 Å². The number of likely N-dealkylation sites (N-methyl/N-ethyl adjacent to an activating group) is 1. The molecule has 2 unspecified atom stereocenters. The second kappa shape index (κ2) is 6.39. The molecule has 2 aliphatic carbocycles. The lowest BCUT2D eigenvalue weighted by molar-refractivity contribution is 0.115. The molecular formula is C19H29NO. The third kappa shape index (κ3) is 2.83. The Morgan fingerprint density at radius 3 is 3.00 bits per heavy atom. The highest BCUT2D eigenvalue weighted by Crippen LogP contribution is 2.47. The van der Waals surface area contributed by atoms with Crippen LogP contribution in [-0.2, 0) is 6.42 Å². The molecule has 0 saturated heterocycles. The molecule has 0 radical (unpaired) electrons.